The summed E-state index contributed by atoms with van der Waals surface area (Å²) in [6, 6.07) is 6.36. The van der Waals surface area contributed by atoms with Gasteiger partial charge in [0.1, 0.15) is 0 Å². The smallest absolute Gasteiger partial charge is 0.0690 e. The maximum absolute atomic E-state index is 10.1. The number of rotatable bonds is 3. The van der Waals surface area contributed by atoms with Gasteiger partial charge in [0, 0.05) is 29.7 Å². The first-order chi connectivity index (χ1) is 8.66. The molecular weight excluding hydrogens is 294 g/mol. The van der Waals surface area contributed by atoms with Gasteiger partial charge in [-0.1, -0.05) is 15.9 Å². The molecule has 1 aliphatic heterocycles. The molecule has 98 valence electrons. The van der Waals surface area contributed by atoms with E-state index in [2.05, 4.69) is 39.0 Å². The summed E-state index contributed by atoms with van der Waals surface area (Å²) >= 11 is 3.52. The molecule has 2 aliphatic rings. The highest BCUT2D eigenvalue weighted by atomic mass is 79.9. The highest BCUT2D eigenvalue weighted by Gasteiger charge is 2.40. The second kappa shape index (κ2) is 4.83. The number of halogens is 1. The number of benzene rings is 1. The van der Waals surface area contributed by atoms with Crippen molar-refractivity contribution in [2.75, 3.05) is 31.2 Å². The number of morpholine rings is 1. The zero-order valence-electron chi connectivity index (χ0n) is 10.4. The molecule has 3 nitrogen and oxygen atoms in total. The van der Waals surface area contributed by atoms with Gasteiger partial charge in [0.15, 0.2) is 0 Å². The third-order valence-corrected chi connectivity index (χ3v) is 4.23. The second-order valence-corrected chi connectivity index (χ2v) is 6.19. The standard InChI is InChI=1S/C14H18BrNO2/c15-12-1-2-13(16-5-7-18-8-6-16)11(9-12)10-14(17)3-4-14/h1-2,9,17H,3-8,10H2. The summed E-state index contributed by atoms with van der Waals surface area (Å²) < 4.78 is 6.48. The maximum Gasteiger partial charge on any atom is 0.0690 e. The van der Waals surface area contributed by atoms with Crippen LogP contribution < -0.4 is 4.90 Å². The molecule has 1 saturated heterocycles. The molecule has 0 bridgehead atoms. The van der Waals surface area contributed by atoms with Gasteiger partial charge in [-0.2, -0.15) is 0 Å². The summed E-state index contributed by atoms with van der Waals surface area (Å²) in [5.41, 5.74) is 2.05. The molecule has 3 rings (SSSR count). The topological polar surface area (TPSA) is 32.7 Å². The van der Waals surface area contributed by atoms with Crippen LogP contribution in [-0.2, 0) is 11.2 Å². The third kappa shape index (κ3) is 2.71. The van der Waals surface area contributed by atoms with E-state index in [0.717, 1.165) is 50.0 Å². The first-order valence-electron chi connectivity index (χ1n) is 6.50. The van der Waals surface area contributed by atoms with E-state index >= 15 is 0 Å². The minimum Gasteiger partial charge on any atom is -0.390 e. The lowest BCUT2D eigenvalue weighted by molar-refractivity contribution is 0.122. The first kappa shape index (κ1) is 12.5. The predicted molar refractivity (Wildman–Crippen MR) is 75.1 cm³/mol. The highest BCUT2D eigenvalue weighted by Crippen LogP contribution is 2.40. The fourth-order valence-electron chi connectivity index (χ4n) is 2.48. The van der Waals surface area contributed by atoms with Crippen LogP contribution in [0, 0.1) is 0 Å². The van der Waals surface area contributed by atoms with Gasteiger partial charge in [0.25, 0.3) is 0 Å². The van der Waals surface area contributed by atoms with Crippen molar-refractivity contribution in [2.24, 2.45) is 0 Å². The Morgan fingerprint density at radius 2 is 2.00 bits per heavy atom. The van der Waals surface area contributed by atoms with E-state index in [0.29, 0.717) is 0 Å². The molecule has 1 heterocycles. The van der Waals surface area contributed by atoms with E-state index in [4.69, 9.17) is 4.74 Å². The van der Waals surface area contributed by atoms with Gasteiger partial charge in [0.05, 0.1) is 18.8 Å². The minimum absolute atomic E-state index is 0.443. The van der Waals surface area contributed by atoms with Crippen molar-refractivity contribution in [3.63, 3.8) is 0 Å². The Hall–Kier alpha value is -0.580. The number of aliphatic hydroxyl groups is 1. The lowest BCUT2D eigenvalue weighted by atomic mass is 10.0. The molecule has 0 amide bonds. The first-order valence-corrected chi connectivity index (χ1v) is 7.29. The fraction of sp³-hybridized carbons (Fsp3) is 0.571. The lowest BCUT2D eigenvalue weighted by Gasteiger charge is -2.31. The summed E-state index contributed by atoms with van der Waals surface area (Å²) in [6.07, 6.45) is 2.63. The molecule has 0 atom stereocenters. The SMILES string of the molecule is OC1(Cc2cc(Br)ccc2N2CCOCC2)CC1. The van der Waals surface area contributed by atoms with E-state index in [1.165, 1.54) is 11.3 Å². The van der Waals surface area contributed by atoms with Crippen molar-refractivity contribution in [1.82, 2.24) is 0 Å². The number of ether oxygens (including phenoxy) is 1. The van der Waals surface area contributed by atoms with E-state index < -0.39 is 5.60 Å². The van der Waals surface area contributed by atoms with Gasteiger partial charge in [0.2, 0.25) is 0 Å². The van der Waals surface area contributed by atoms with Crippen LogP contribution in [0.25, 0.3) is 0 Å². The Bertz CT molecular complexity index is 439. The Kier molecular flexibility index (Phi) is 3.34. The van der Waals surface area contributed by atoms with E-state index in [-0.39, 0.29) is 0 Å². The van der Waals surface area contributed by atoms with Crippen molar-refractivity contribution >= 4 is 21.6 Å². The third-order valence-electron chi connectivity index (χ3n) is 3.74. The Morgan fingerprint density at radius 1 is 1.28 bits per heavy atom. The quantitative estimate of drug-likeness (QED) is 0.930. The monoisotopic (exact) mass is 311 g/mol. The summed E-state index contributed by atoms with van der Waals surface area (Å²) in [6.45, 7) is 3.46. The normalized spacial score (nSPS) is 22.0. The van der Waals surface area contributed by atoms with Crippen molar-refractivity contribution in [3.8, 4) is 0 Å². The van der Waals surface area contributed by atoms with Crippen molar-refractivity contribution in [3.05, 3.63) is 28.2 Å². The minimum atomic E-state index is -0.443. The summed E-state index contributed by atoms with van der Waals surface area (Å²) in [5, 5.41) is 10.1. The zero-order valence-corrected chi connectivity index (χ0v) is 11.9. The van der Waals surface area contributed by atoms with Crippen molar-refractivity contribution < 1.29 is 9.84 Å². The Labute approximate surface area is 116 Å². The van der Waals surface area contributed by atoms with Crippen LogP contribution >= 0.6 is 15.9 Å². The van der Waals surface area contributed by atoms with Crippen molar-refractivity contribution in [1.29, 1.82) is 0 Å². The molecule has 2 fully saturated rings. The van der Waals surface area contributed by atoms with Gasteiger partial charge in [-0.05, 0) is 36.6 Å². The van der Waals surface area contributed by atoms with Gasteiger partial charge < -0.3 is 14.7 Å². The Balaban J connectivity index is 1.86. The predicted octanol–water partition coefficient (Wildman–Crippen LogP) is 2.35. The van der Waals surface area contributed by atoms with Crippen LogP contribution in [0.1, 0.15) is 18.4 Å². The molecular formula is C14H18BrNO2. The number of nitrogens with zero attached hydrogens (tertiary/aromatic N) is 1. The largest absolute Gasteiger partial charge is 0.390 e. The van der Waals surface area contributed by atoms with Crippen molar-refractivity contribution in [2.45, 2.75) is 24.9 Å². The molecule has 18 heavy (non-hydrogen) atoms. The van der Waals surface area contributed by atoms with E-state index in [9.17, 15) is 5.11 Å². The van der Waals surface area contributed by atoms with Crippen LogP contribution in [0.3, 0.4) is 0 Å². The van der Waals surface area contributed by atoms with Gasteiger partial charge in [-0.3, -0.25) is 0 Å². The molecule has 1 N–H and O–H groups in total. The van der Waals surface area contributed by atoms with Gasteiger partial charge in [-0.25, -0.2) is 0 Å². The average Bonchev–Trinajstić information content (AvgIpc) is 3.08. The fourth-order valence-corrected chi connectivity index (χ4v) is 2.89. The van der Waals surface area contributed by atoms with E-state index in [1.807, 2.05) is 0 Å². The molecule has 0 aromatic heterocycles. The highest BCUT2D eigenvalue weighted by molar-refractivity contribution is 9.10. The number of hydrogen-bond donors (Lipinski definition) is 1. The summed E-state index contributed by atoms with van der Waals surface area (Å²) in [4.78, 5) is 2.36. The molecule has 1 aromatic rings. The molecule has 1 aromatic carbocycles. The van der Waals surface area contributed by atoms with Crippen LogP contribution in [0.5, 0.6) is 0 Å². The number of anilines is 1. The van der Waals surface area contributed by atoms with Crippen LogP contribution in [0.2, 0.25) is 0 Å². The Morgan fingerprint density at radius 3 is 2.67 bits per heavy atom. The van der Waals surface area contributed by atoms with Crippen LogP contribution in [0.4, 0.5) is 5.69 Å². The second-order valence-electron chi connectivity index (χ2n) is 5.27. The zero-order chi connectivity index (χ0) is 12.6. The maximum atomic E-state index is 10.1. The van der Waals surface area contributed by atoms with E-state index in [1.54, 1.807) is 0 Å². The molecule has 0 spiro atoms. The molecule has 1 aliphatic carbocycles. The van der Waals surface area contributed by atoms with Crippen LogP contribution in [0.15, 0.2) is 22.7 Å². The summed E-state index contributed by atoms with van der Waals surface area (Å²) in [7, 11) is 0. The van der Waals surface area contributed by atoms with Gasteiger partial charge in [-0.15, -0.1) is 0 Å². The summed E-state index contributed by atoms with van der Waals surface area (Å²) in [5.74, 6) is 0. The van der Waals surface area contributed by atoms with Crippen LogP contribution in [-0.4, -0.2) is 37.0 Å². The molecule has 0 unspecified atom stereocenters. The molecule has 1 saturated carbocycles. The average molecular weight is 312 g/mol. The van der Waals surface area contributed by atoms with Gasteiger partial charge >= 0.3 is 0 Å². The molecule has 4 heteroatoms. The number of hydrogen-bond acceptors (Lipinski definition) is 3. The lowest BCUT2D eigenvalue weighted by Crippen LogP contribution is -2.37. The molecule has 0 radical (unpaired) electrons.